The van der Waals surface area contributed by atoms with Crippen LogP contribution in [0.3, 0.4) is 0 Å². The van der Waals surface area contributed by atoms with Crippen molar-refractivity contribution < 1.29 is 9.50 Å². The predicted octanol–water partition coefficient (Wildman–Crippen LogP) is 4.43. The quantitative estimate of drug-likeness (QED) is 0.243. The van der Waals surface area contributed by atoms with Gasteiger partial charge in [0.15, 0.2) is 17.5 Å². The molecule has 0 atom stereocenters. The number of phenols is 1. The summed E-state index contributed by atoms with van der Waals surface area (Å²) in [6.07, 6.45) is 2.07. The van der Waals surface area contributed by atoms with E-state index in [1.54, 1.807) is 17.8 Å². The zero-order valence-corrected chi connectivity index (χ0v) is 18.3. The number of nitrogens with one attached hydrogen (secondary N) is 2. The van der Waals surface area contributed by atoms with Crippen molar-refractivity contribution in [3.8, 4) is 5.75 Å². The van der Waals surface area contributed by atoms with Crippen molar-refractivity contribution in [1.82, 2.24) is 10.6 Å². The van der Waals surface area contributed by atoms with Gasteiger partial charge in [-0.25, -0.2) is 9.38 Å². The van der Waals surface area contributed by atoms with Crippen LogP contribution in [-0.4, -0.2) is 23.9 Å². The van der Waals surface area contributed by atoms with Crippen LogP contribution < -0.4 is 10.6 Å². The van der Waals surface area contributed by atoms with Gasteiger partial charge in [-0.3, -0.25) is 0 Å². The lowest BCUT2D eigenvalue weighted by Crippen LogP contribution is -2.36. The van der Waals surface area contributed by atoms with E-state index in [4.69, 9.17) is 0 Å². The number of aryl methyl sites for hydroxylation is 1. The van der Waals surface area contributed by atoms with Crippen molar-refractivity contribution >= 4 is 41.7 Å². The Morgan fingerprint density at radius 3 is 2.62 bits per heavy atom. The molecule has 0 bridgehead atoms. The molecular formula is C19H25FIN3OS. The molecule has 0 aliphatic carbocycles. The van der Waals surface area contributed by atoms with Crippen LogP contribution >= 0.6 is 35.7 Å². The van der Waals surface area contributed by atoms with Crippen LogP contribution in [0.25, 0.3) is 0 Å². The number of phenolic OH excluding ortho intramolecular Hbond substituents is 1. The number of aromatic hydroxyl groups is 1. The zero-order chi connectivity index (χ0) is 18.2. The molecule has 26 heavy (non-hydrogen) atoms. The Morgan fingerprint density at radius 1 is 1.19 bits per heavy atom. The number of aliphatic imine (C=N–C) groups is 1. The van der Waals surface area contributed by atoms with Gasteiger partial charge in [0.1, 0.15) is 0 Å². The third kappa shape index (κ3) is 6.68. The van der Waals surface area contributed by atoms with Crippen molar-refractivity contribution in [2.75, 3.05) is 12.8 Å². The number of rotatable bonds is 6. The lowest BCUT2D eigenvalue weighted by atomic mass is 10.1. The highest BCUT2D eigenvalue weighted by molar-refractivity contribution is 14.0. The van der Waals surface area contributed by atoms with Crippen LogP contribution in [0.5, 0.6) is 5.75 Å². The average molecular weight is 489 g/mol. The van der Waals surface area contributed by atoms with Crippen LogP contribution in [-0.2, 0) is 13.1 Å². The fraction of sp³-hybridized carbons (Fsp3) is 0.316. The Kier molecular flexibility index (Phi) is 9.79. The van der Waals surface area contributed by atoms with Crippen molar-refractivity contribution in [3.63, 3.8) is 0 Å². The smallest absolute Gasteiger partial charge is 0.191 e. The molecule has 0 aliphatic heterocycles. The van der Waals surface area contributed by atoms with E-state index in [2.05, 4.69) is 47.0 Å². The number of nitrogens with zero attached hydrogens (tertiary/aromatic N) is 1. The van der Waals surface area contributed by atoms with Crippen LogP contribution in [0, 0.1) is 12.7 Å². The first-order valence-electron chi connectivity index (χ1n) is 8.16. The summed E-state index contributed by atoms with van der Waals surface area (Å²) >= 11 is 1.72. The molecule has 7 heteroatoms. The maximum atomic E-state index is 13.4. The Hall–Kier alpha value is -1.48. The van der Waals surface area contributed by atoms with Gasteiger partial charge >= 0.3 is 0 Å². The first kappa shape index (κ1) is 22.6. The standard InChI is InChI=1S/C19H24FN3OS.HI/c1-4-21-19(22-11-14-6-8-17(24)16(20)10-14)23-12-15-7-5-13(2)9-18(15)25-3;/h5-10,24H,4,11-12H2,1-3H3,(H2,21,22,23);1H. The van der Waals surface area contributed by atoms with E-state index < -0.39 is 5.82 Å². The Balaban J connectivity index is 0.00000338. The first-order chi connectivity index (χ1) is 12.0. The molecule has 0 heterocycles. The van der Waals surface area contributed by atoms with Crippen molar-refractivity contribution in [1.29, 1.82) is 0 Å². The monoisotopic (exact) mass is 489 g/mol. The number of thioether (sulfide) groups is 1. The largest absolute Gasteiger partial charge is 0.505 e. The Bertz CT molecular complexity index is 756. The van der Waals surface area contributed by atoms with E-state index in [-0.39, 0.29) is 29.7 Å². The van der Waals surface area contributed by atoms with Gasteiger partial charge in [-0.1, -0.05) is 18.2 Å². The molecule has 0 fully saturated rings. The Labute approximate surface area is 175 Å². The van der Waals surface area contributed by atoms with Gasteiger partial charge in [-0.05, 0) is 55.0 Å². The molecule has 0 saturated carbocycles. The number of benzene rings is 2. The van der Waals surface area contributed by atoms with Crippen LogP contribution in [0.1, 0.15) is 23.6 Å². The van der Waals surface area contributed by atoms with Crippen molar-refractivity contribution in [2.24, 2.45) is 4.99 Å². The first-order valence-corrected chi connectivity index (χ1v) is 9.39. The van der Waals surface area contributed by atoms with Gasteiger partial charge in [-0.2, -0.15) is 0 Å². The van der Waals surface area contributed by atoms with E-state index in [9.17, 15) is 9.50 Å². The van der Waals surface area contributed by atoms with Gasteiger partial charge in [0.05, 0.1) is 6.54 Å². The van der Waals surface area contributed by atoms with E-state index in [1.807, 2.05) is 6.92 Å². The second kappa shape index (κ2) is 11.3. The summed E-state index contributed by atoms with van der Waals surface area (Å²) in [6.45, 7) is 5.80. The molecule has 0 radical (unpaired) electrons. The summed E-state index contributed by atoms with van der Waals surface area (Å²) in [7, 11) is 0. The highest BCUT2D eigenvalue weighted by atomic mass is 127. The highest BCUT2D eigenvalue weighted by Crippen LogP contribution is 2.21. The summed E-state index contributed by atoms with van der Waals surface area (Å²) in [5, 5.41) is 15.7. The second-order valence-electron chi connectivity index (χ2n) is 5.65. The van der Waals surface area contributed by atoms with Gasteiger partial charge in [0.2, 0.25) is 0 Å². The Morgan fingerprint density at radius 2 is 1.96 bits per heavy atom. The fourth-order valence-corrected chi connectivity index (χ4v) is 3.04. The van der Waals surface area contributed by atoms with E-state index >= 15 is 0 Å². The van der Waals surface area contributed by atoms with Gasteiger partial charge < -0.3 is 15.7 Å². The van der Waals surface area contributed by atoms with E-state index in [0.717, 1.165) is 6.54 Å². The van der Waals surface area contributed by atoms with Gasteiger partial charge in [0, 0.05) is 18.0 Å². The number of hydrogen-bond acceptors (Lipinski definition) is 3. The summed E-state index contributed by atoms with van der Waals surface area (Å²) in [4.78, 5) is 5.72. The maximum Gasteiger partial charge on any atom is 0.191 e. The topological polar surface area (TPSA) is 56.7 Å². The van der Waals surface area contributed by atoms with Crippen LogP contribution in [0.4, 0.5) is 4.39 Å². The molecule has 3 N–H and O–H groups in total. The summed E-state index contributed by atoms with van der Waals surface area (Å²) < 4.78 is 13.4. The molecule has 2 rings (SSSR count). The molecule has 0 saturated heterocycles. The van der Waals surface area contributed by atoms with Crippen molar-refractivity contribution in [2.45, 2.75) is 31.8 Å². The molecule has 2 aromatic carbocycles. The highest BCUT2D eigenvalue weighted by Gasteiger charge is 2.05. The van der Waals surface area contributed by atoms with E-state index in [1.165, 1.54) is 28.2 Å². The summed E-state index contributed by atoms with van der Waals surface area (Å²) in [5.41, 5.74) is 3.15. The fourth-order valence-electron chi connectivity index (χ4n) is 2.34. The summed E-state index contributed by atoms with van der Waals surface area (Å²) in [5.74, 6) is -0.305. The molecule has 0 spiro atoms. The van der Waals surface area contributed by atoms with Crippen LogP contribution in [0.2, 0.25) is 0 Å². The lowest BCUT2D eigenvalue weighted by molar-refractivity contribution is 0.432. The molecule has 2 aromatic rings. The second-order valence-corrected chi connectivity index (χ2v) is 6.50. The number of guanidine groups is 1. The van der Waals surface area contributed by atoms with Crippen molar-refractivity contribution in [3.05, 3.63) is 58.9 Å². The third-order valence-corrected chi connectivity index (χ3v) is 4.48. The molecule has 142 valence electrons. The normalized spacial score (nSPS) is 11.0. The molecule has 0 aliphatic rings. The minimum Gasteiger partial charge on any atom is -0.505 e. The molecule has 0 amide bonds. The van der Waals surface area contributed by atoms with Gasteiger partial charge in [0.25, 0.3) is 0 Å². The minimum absolute atomic E-state index is 0. The molecular weight excluding hydrogens is 464 g/mol. The molecule has 0 aromatic heterocycles. The van der Waals surface area contributed by atoms with Gasteiger partial charge in [-0.15, -0.1) is 35.7 Å². The van der Waals surface area contributed by atoms with Crippen LogP contribution in [0.15, 0.2) is 46.3 Å². The zero-order valence-electron chi connectivity index (χ0n) is 15.2. The summed E-state index contributed by atoms with van der Waals surface area (Å²) in [6, 6.07) is 10.7. The maximum absolute atomic E-state index is 13.4. The average Bonchev–Trinajstić information content (AvgIpc) is 2.61. The predicted molar refractivity (Wildman–Crippen MR) is 118 cm³/mol. The van der Waals surface area contributed by atoms with E-state index in [0.29, 0.717) is 24.6 Å². The number of hydrogen-bond donors (Lipinski definition) is 3. The third-order valence-electron chi connectivity index (χ3n) is 3.66. The number of halogens is 2. The molecule has 4 nitrogen and oxygen atoms in total. The SMILES string of the molecule is CCNC(=NCc1ccc(O)c(F)c1)NCc1ccc(C)cc1SC.I. The molecule has 0 unspecified atom stereocenters. The lowest BCUT2D eigenvalue weighted by Gasteiger charge is -2.14. The minimum atomic E-state index is -0.630.